The molecule has 4 amide bonds. The van der Waals surface area contributed by atoms with Gasteiger partial charge in [0.1, 0.15) is 29.4 Å². The van der Waals surface area contributed by atoms with Crippen LogP contribution in [0.15, 0.2) is 53.1 Å². The molecule has 0 saturated carbocycles. The summed E-state index contributed by atoms with van der Waals surface area (Å²) in [7, 11) is 1.51. The number of benzene rings is 2. The number of carbonyl (C=O) groups is 3. The van der Waals surface area contributed by atoms with Gasteiger partial charge in [-0.3, -0.25) is 15.0 Å². The van der Waals surface area contributed by atoms with Gasteiger partial charge in [0.05, 0.1) is 24.8 Å². The van der Waals surface area contributed by atoms with Gasteiger partial charge in [0, 0.05) is 0 Å². The molecule has 1 aliphatic rings. The number of aromatic nitrogens is 1. The molecule has 10 nitrogen and oxygen atoms in total. The number of rotatable bonds is 8. The Morgan fingerprint density at radius 1 is 1.14 bits per heavy atom. The van der Waals surface area contributed by atoms with Crippen molar-refractivity contribution in [2.24, 2.45) is 0 Å². The molecule has 2 aromatic carbocycles. The van der Waals surface area contributed by atoms with Crippen molar-refractivity contribution in [3.05, 3.63) is 76.7 Å². The first-order valence-corrected chi connectivity index (χ1v) is 11.0. The highest BCUT2D eigenvalue weighted by molar-refractivity contribution is 6.08. The number of carbonyl (C=O) groups excluding carboxylic acids is 3. The molecule has 1 saturated heterocycles. The zero-order chi connectivity index (χ0) is 25.2. The van der Waals surface area contributed by atoms with Gasteiger partial charge in [-0.25, -0.2) is 4.79 Å². The average Bonchev–Trinajstić information content (AvgIpc) is 3.28. The minimum atomic E-state index is -1.33. The molecule has 2 N–H and O–H groups in total. The average molecular weight is 479 g/mol. The van der Waals surface area contributed by atoms with E-state index in [1.165, 1.54) is 7.11 Å². The summed E-state index contributed by atoms with van der Waals surface area (Å²) in [6.45, 7) is 5.57. The number of nitrogens with zero attached hydrogens (tertiary/aromatic N) is 2. The van der Waals surface area contributed by atoms with E-state index in [2.05, 4.69) is 15.9 Å². The first-order valence-electron chi connectivity index (χ1n) is 11.0. The number of aryl methyl sites for hydroxylation is 2. The van der Waals surface area contributed by atoms with Gasteiger partial charge in [-0.2, -0.15) is 5.01 Å². The maximum atomic E-state index is 13.0. The van der Waals surface area contributed by atoms with E-state index in [1.807, 2.05) is 13.8 Å². The predicted octanol–water partition coefficient (Wildman–Crippen LogP) is 2.92. The van der Waals surface area contributed by atoms with Gasteiger partial charge in [-0.05, 0) is 56.2 Å². The highest BCUT2D eigenvalue weighted by Gasteiger charge is 2.50. The van der Waals surface area contributed by atoms with E-state index < -0.39 is 23.4 Å². The molecule has 0 radical (unpaired) electrons. The van der Waals surface area contributed by atoms with Gasteiger partial charge < -0.3 is 19.3 Å². The molecule has 1 fully saturated rings. The van der Waals surface area contributed by atoms with Crippen LogP contribution in [0, 0.1) is 13.8 Å². The number of hydrazine groups is 1. The van der Waals surface area contributed by atoms with Crippen LogP contribution in [-0.4, -0.2) is 35.1 Å². The fraction of sp³-hybridized carbons (Fsp3) is 0.280. The first-order chi connectivity index (χ1) is 16.7. The first kappa shape index (κ1) is 23.8. The zero-order valence-corrected chi connectivity index (χ0v) is 19.9. The van der Waals surface area contributed by atoms with E-state index >= 15 is 0 Å². The number of nitrogens with one attached hydrogen (secondary N) is 2. The molecule has 182 valence electrons. The molecule has 10 heteroatoms. The number of urea groups is 1. The van der Waals surface area contributed by atoms with Crippen molar-refractivity contribution < 1.29 is 28.4 Å². The van der Waals surface area contributed by atoms with Gasteiger partial charge in [0.2, 0.25) is 5.91 Å². The topological polar surface area (TPSA) is 123 Å². The number of methoxy groups -OCH3 is 1. The largest absolute Gasteiger partial charge is 0.497 e. The van der Waals surface area contributed by atoms with Crippen LogP contribution in [0.2, 0.25) is 0 Å². The van der Waals surface area contributed by atoms with Crippen LogP contribution in [0.3, 0.4) is 0 Å². The number of ether oxygens (including phenoxy) is 2. The second-order valence-electron chi connectivity index (χ2n) is 8.37. The molecule has 35 heavy (non-hydrogen) atoms. The lowest BCUT2D eigenvalue weighted by Gasteiger charge is -2.22. The van der Waals surface area contributed by atoms with E-state index in [-0.39, 0.29) is 6.42 Å². The summed E-state index contributed by atoms with van der Waals surface area (Å²) in [6, 6.07) is 13.1. The highest BCUT2D eigenvalue weighted by Crippen LogP contribution is 2.30. The summed E-state index contributed by atoms with van der Waals surface area (Å²) in [5.74, 6) is 0.781. The maximum Gasteiger partial charge on any atom is 0.344 e. The van der Waals surface area contributed by atoms with Gasteiger partial charge >= 0.3 is 6.03 Å². The van der Waals surface area contributed by atoms with Crippen LogP contribution in [0.5, 0.6) is 11.5 Å². The van der Waals surface area contributed by atoms with Crippen LogP contribution in [0.25, 0.3) is 0 Å². The fourth-order valence-electron chi connectivity index (χ4n) is 3.79. The summed E-state index contributed by atoms with van der Waals surface area (Å²) < 4.78 is 16.1. The van der Waals surface area contributed by atoms with E-state index in [0.29, 0.717) is 40.0 Å². The Labute approximate surface area is 202 Å². The molecule has 1 aliphatic heterocycles. The molecule has 0 spiro atoms. The summed E-state index contributed by atoms with van der Waals surface area (Å²) in [5, 5.41) is 7.26. The van der Waals surface area contributed by atoms with Crippen LogP contribution < -0.4 is 20.2 Å². The minimum absolute atomic E-state index is 0.0307. The quantitative estimate of drug-likeness (QED) is 0.477. The van der Waals surface area contributed by atoms with Crippen LogP contribution in [-0.2, 0) is 28.2 Å². The lowest BCUT2D eigenvalue weighted by atomic mass is 9.92. The molecule has 0 unspecified atom stereocenters. The third-order valence-corrected chi connectivity index (χ3v) is 5.93. The summed E-state index contributed by atoms with van der Waals surface area (Å²) >= 11 is 0. The Hall–Kier alpha value is -4.34. The molecular weight excluding hydrogens is 452 g/mol. The Kier molecular flexibility index (Phi) is 6.46. The molecule has 2 heterocycles. The van der Waals surface area contributed by atoms with Crippen molar-refractivity contribution in [3.8, 4) is 11.5 Å². The molecule has 4 rings (SSSR count). The third-order valence-electron chi connectivity index (χ3n) is 5.93. The van der Waals surface area contributed by atoms with Crippen molar-refractivity contribution in [2.75, 3.05) is 7.11 Å². The van der Waals surface area contributed by atoms with Crippen LogP contribution in [0.1, 0.15) is 35.1 Å². The minimum Gasteiger partial charge on any atom is -0.497 e. The van der Waals surface area contributed by atoms with Crippen molar-refractivity contribution in [1.29, 1.82) is 0 Å². The molecule has 1 aromatic heterocycles. The van der Waals surface area contributed by atoms with Crippen LogP contribution in [0.4, 0.5) is 4.79 Å². The monoisotopic (exact) mass is 478 g/mol. The Bertz CT molecular complexity index is 1250. The predicted molar refractivity (Wildman–Crippen MR) is 124 cm³/mol. The summed E-state index contributed by atoms with van der Waals surface area (Å²) in [5.41, 5.74) is 3.97. The van der Waals surface area contributed by atoms with E-state index in [9.17, 15) is 14.4 Å². The van der Waals surface area contributed by atoms with Crippen molar-refractivity contribution in [3.63, 3.8) is 0 Å². The molecular formula is C25H26N4O6. The van der Waals surface area contributed by atoms with E-state index in [1.54, 1.807) is 55.5 Å². The maximum absolute atomic E-state index is 13.0. The second-order valence-corrected chi connectivity index (χ2v) is 8.37. The molecule has 0 aliphatic carbocycles. The van der Waals surface area contributed by atoms with Gasteiger partial charge in [0.15, 0.2) is 0 Å². The highest BCUT2D eigenvalue weighted by atomic mass is 16.5. The second kappa shape index (κ2) is 9.49. The fourth-order valence-corrected chi connectivity index (χ4v) is 3.79. The summed E-state index contributed by atoms with van der Waals surface area (Å²) in [6.07, 6.45) is -0.0307. The van der Waals surface area contributed by atoms with Gasteiger partial charge in [0.25, 0.3) is 5.91 Å². The zero-order valence-electron chi connectivity index (χ0n) is 19.9. The Balaban J connectivity index is 1.36. The number of hydrogen-bond acceptors (Lipinski definition) is 7. The SMILES string of the molecule is COc1cccc([C@@]2(C)NC(=O)N(NC(=O)Cc3ccc(OCc4c(C)noc4C)cc3)C2=O)c1. The molecule has 3 aromatic rings. The van der Waals surface area contributed by atoms with Gasteiger partial charge in [-0.1, -0.05) is 29.4 Å². The molecule has 0 bridgehead atoms. The lowest BCUT2D eigenvalue weighted by molar-refractivity contribution is -0.138. The van der Waals surface area contributed by atoms with E-state index in [4.69, 9.17) is 14.0 Å². The van der Waals surface area contributed by atoms with E-state index in [0.717, 1.165) is 11.3 Å². The summed E-state index contributed by atoms with van der Waals surface area (Å²) in [4.78, 5) is 38.1. The number of amides is 4. The van der Waals surface area contributed by atoms with Gasteiger partial charge in [-0.15, -0.1) is 0 Å². The van der Waals surface area contributed by atoms with Crippen molar-refractivity contribution in [2.45, 2.75) is 39.3 Å². The Morgan fingerprint density at radius 3 is 2.54 bits per heavy atom. The van der Waals surface area contributed by atoms with Crippen molar-refractivity contribution >= 4 is 17.8 Å². The molecule has 1 atom stereocenters. The Morgan fingerprint density at radius 2 is 1.89 bits per heavy atom. The normalized spacial score (nSPS) is 17.3. The smallest absolute Gasteiger partial charge is 0.344 e. The third kappa shape index (κ3) is 4.81. The number of hydrogen-bond donors (Lipinski definition) is 2. The lowest BCUT2D eigenvalue weighted by Crippen LogP contribution is -2.48. The van der Waals surface area contributed by atoms with Crippen LogP contribution >= 0.6 is 0 Å². The number of imide groups is 1. The standard InChI is InChI=1S/C25H26N4O6/c1-15-21(16(2)35-28-15)14-34-19-10-8-17(9-11-19)12-22(30)27-29-23(31)25(3,26-24(29)32)18-6-5-7-20(13-18)33-4/h5-11,13H,12,14H2,1-4H3,(H,26,32)(H,27,30)/t25-/m1/s1. The van der Waals surface area contributed by atoms with Crippen molar-refractivity contribution in [1.82, 2.24) is 20.9 Å².